The maximum absolute atomic E-state index is 13.0. The van der Waals surface area contributed by atoms with Gasteiger partial charge in [0.05, 0.1) is 17.1 Å². The standard InChI is InChI=1S/C22H23N5O2/c1-2-29-13-7-12-27-21(28)18-9-4-6-11-20(18)25-22(27)26-24-15-16-14-23-19-10-5-3-8-17(16)19/h3-6,8-11,14-15,23H,2,7,12-13H2,1H3,(H,25,26)/b24-15+. The summed E-state index contributed by atoms with van der Waals surface area (Å²) in [6.45, 7) is 3.70. The van der Waals surface area contributed by atoms with Crippen molar-refractivity contribution in [3.05, 3.63) is 70.6 Å². The molecule has 0 fully saturated rings. The molecule has 0 aliphatic heterocycles. The second-order valence-corrected chi connectivity index (χ2v) is 6.62. The second kappa shape index (κ2) is 8.70. The number of ether oxygens (including phenoxy) is 1. The van der Waals surface area contributed by atoms with Crippen molar-refractivity contribution in [1.82, 2.24) is 14.5 Å². The van der Waals surface area contributed by atoms with Crippen LogP contribution in [-0.4, -0.2) is 34.0 Å². The number of rotatable bonds is 8. The van der Waals surface area contributed by atoms with Crippen LogP contribution in [0.15, 0.2) is 64.6 Å². The third kappa shape index (κ3) is 4.05. The molecule has 0 aliphatic rings. The molecule has 2 aromatic carbocycles. The molecule has 0 unspecified atom stereocenters. The summed E-state index contributed by atoms with van der Waals surface area (Å²) in [5.74, 6) is 0.418. The predicted molar refractivity (Wildman–Crippen MR) is 117 cm³/mol. The zero-order valence-corrected chi connectivity index (χ0v) is 16.3. The van der Waals surface area contributed by atoms with E-state index in [-0.39, 0.29) is 5.56 Å². The van der Waals surface area contributed by atoms with E-state index in [2.05, 4.69) is 20.5 Å². The number of nitrogens with zero attached hydrogens (tertiary/aromatic N) is 3. The van der Waals surface area contributed by atoms with E-state index in [9.17, 15) is 4.79 Å². The third-order valence-corrected chi connectivity index (χ3v) is 4.73. The second-order valence-electron chi connectivity index (χ2n) is 6.62. The van der Waals surface area contributed by atoms with Crippen molar-refractivity contribution in [1.29, 1.82) is 0 Å². The summed E-state index contributed by atoms with van der Waals surface area (Å²) >= 11 is 0. The number of aromatic amines is 1. The number of H-pyrrole nitrogens is 1. The van der Waals surface area contributed by atoms with Gasteiger partial charge in [0.2, 0.25) is 5.95 Å². The maximum Gasteiger partial charge on any atom is 0.262 e. The van der Waals surface area contributed by atoms with E-state index in [0.29, 0.717) is 43.0 Å². The predicted octanol–water partition coefficient (Wildman–Crippen LogP) is 3.75. The van der Waals surface area contributed by atoms with Crippen molar-refractivity contribution >= 4 is 34.0 Å². The van der Waals surface area contributed by atoms with Gasteiger partial charge in [-0.1, -0.05) is 30.3 Å². The molecule has 2 heterocycles. The van der Waals surface area contributed by atoms with Gasteiger partial charge >= 0.3 is 0 Å². The van der Waals surface area contributed by atoms with Gasteiger partial charge in [0.1, 0.15) is 0 Å². The van der Waals surface area contributed by atoms with E-state index >= 15 is 0 Å². The highest BCUT2D eigenvalue weighted by Crippen LogP contribution is 2.16. The molecule has 7 nitrogen and oxygen atoms in total. The fraction of sp³-hybridized carbons (Fsp3) is 0.227. The van der Waals surface area contributed by atoms with Crippen LogP contribution < -0.4 is 11.0 Å². The fourth-order valence-corrected chi connectivity index (χ4v) is 3.29. The summed E-state index contributed by atoms with van der Waals surface area (Å²) in [6.07, 6.45) is 4.35. The van der Waals surface area contributed by atoms with Crippen LogP contribution in [0, 0.1) is 0 Å². The molecule has 0 saturated heterocycles. The lowest BCUT2D eigenvalue weighted by molar-refractivity contribution is 0.141. The Hall–Kier alpha value is -3.45. The molecule has 7 heteroatoms. The van der Waals surface area contributed by atoms with E-state index in [1.165, 1.54) is 0 Å². The molecule has 0 amide bonds. The van der Waals surface area contributed by atoms with Crippen LogP contribution in [0.2, 0.25) is 0 Å². The van der Waals surface area contributed by atoms with Crippen molar-refractivity contribution in [2.75, 3.05) is 18.6 Å². The first-order valence-electron chi connectivity index (χ1n) is 9.70. The maximum atomic E-state index is 13.0. The number of anilines is 1. The molecular formula is C22H23N5O2. The Labute approximate surface area is 168 Å². The quantitative estimate of drug-likeness (QED) is 0.273. The van der Waals surface area contributed by atoms with Gasteiger partial charge in [-0.25, -0.2) is 10.4 Å². The highest BCUT2D eigenvalue weighted by molar-refractivity contribution is 5.99. The summed E-state index contributed by atoms with van der Waals surface area (Å²) in [4.78, 5) is 20.8. The van der Waals surface area contributed by atoms with Gasteiger partial charge in [-0.2, -0.15) is 5.10 Å². The van der Waals surface area contributed by atoms with Gasteiger partial charge in [-0.05, 0) is 31.5 Å². The Morgan fingerprint density at radius 3 is 2.83 bits per heavy atom. The van der Waals surface area contributed by atoms with Crippen LogP contribution in [0.4, 0.5) is 5.95 Å². The van der Waals surface area contributed by atoms with Crippen LogP contribution in [0.25, 0.3) is 21.8 Å². The number of hydrogen-bond acceptors (Lipinski definition) is 5. The average Bonchev–Trinajstić information content (AvgIpc) is 3.16. The van der Waals surface area contributed by atoms with Crippen molar-refractivity contribution < 1.29 is 4.74 Å². The lowest BCUT2D eigenvalue weighted by atomic mass is 10.2. The van der Waals surface area contributed by atoms with Crippen molar-refractivity contribution in [2.24, 2.45) is 5.10 Å². The van der Waals surface area contributed by atoms with Crippen molar-refractivity contribution in [3.63, 3.8) is 0 Å². The SMILES string of the molecule is CCOCCCn1c(N/N=C/c2c[nH]c3ccccc23)nc2ccccc2c1=O. The third-order valence-electron chi connectivity index (χ3n) is 4.73. The normalized spacial score (nSPS) is 11.6. The van der Waals surface area contributed by atoms with E-state index in [4.69, 9.17) is 4.74 Å². The molecule has 2 N–H and O–H groups in total. The number of nitrogens with one attached hydrogen (secondary N) is 2. The Morgan fingerprint density at radius 1 is 1.17 bits per heavy atom. The Bertz CT molecular complexity index is 1210. The summed E-state index contributed by atoms with van der Waals surface area (Å²) in [7, 11) is 0. The molecule has 0 bridgehead atoms. The summed E-state index contributed by atoms with van der Waals surface area (Å²) < 4.78 is 7.02. The van der Waals surface area contributed by atoms with Gasteiger partial charge in [-0.3, -0.25) is 9.36 Å². The Morgan fingerprint density at radius 2 is 1.97 bits per heavy atom. The lowest BCUT2D eigenvalue weighted by Crippen LogP contribution is -2.25. The summed E-state index contributed by atoms with van der Waals surface area (Å²) in [5.41, 5.74) is 5.52. The molecule has 4 rings (SSSR count). The highest BCUT2D eigenvalue weighted by atomic mass is 16.5. The van der Waals surface area contributed by atoms with E-state index in [1.54, 1.807) is 16.8 Å². The summed E-state index contributed by atoms with van der Waals surface area (Å²) in [5, 5.41) is 6.01. The molecule has 4 aromatic rings. The molecule has 148 valence electrons. The van der Waals surface area contributed by atoms with Gasteiger partial charge in [0.15, 0.2) is 0 Å². The van der Waals surface area contributed by atoms with Gasteiger partial charge < -0.3 is 9.72 Å². The van der Waals surface area contributed by atoms with Crippen LogP contribution in [0.5, 0.6) is 0 Å². The number of hydrazone groups is 1. The van der Waals surface area contributed by atoms with Gasteiger partial charge in [0, 0.05) is 42.4 Å². The zero-order valence-electron chi connectivity index (χ0n) is 16.3. The number of aromatic nitrogens is 3. The van der Waals surface area contributed by atoms with E-state index in [1.807, 2.05) is 55.6 Å². The van der Waals surface area contributed by atoms with Crippen LogP contribution in [0.3, 0.4) is 0 Å². The topological polar surface area (TPSA) is 84.3 Å². The smallest absolute Gasteiger partial charge is 0.262 e. The summed E-state index contributed by atoms with van der Waals surface area (Å²) in [6, 6.07) is 15.4. The van der Waals surface area contributed by atoms with E-state index in [0.717, 1.165) is 16.5 Å². The number of benzene rings is 2. The fourth-order valence-electron chi connectivity index (χ4n) is 3.29. The van der Waals surface area contributed by atoms with Crippen molar-refractivity contribution in [3.8, 4) is 0 Å². The van der Waals surface area contributed by atoms with Gasteiger partial charge in [0.25, 0.3) is 5.56 Å². The minimum Gasteiger partial charge on any atom is -0.382 e. The molecule has 0 aliphatic carbocycles. The van der Waals surface area contributed by atoms with Crippen LogP contribution in [-0.2, 0) is 11.3 Å². The number of fused-ring (bicyclic) bond motifs is 2. The van der Waals surface area contributed by atoms with Crippen LogP contribution >= 0.6 is 0 Å². The highest BCUT2D eigenvalue weighted by Gasteiger charge is 2.10. The minimum absolute atomic E-state index is 0.0862. The minimum atomic E-state index is -0.0862. The molecule has 0 atom stereocenters. The molecule has 29 heavy (non-hydrogen) atoms. The first kappa shape index (κ1) is 18.9. The largest absolute Gasteiger partial charge is 0.382 e. The van der Waals surface area contributed by atoms with Gasteiger partial charge in [-0.15, -0.1) is 0 Å². The first-order valence-corrected chi connectivity index (χ1v) is 9.70. The number of hydrogen-bond donors (Lipinski definition) is 2. The monoisotopic (exact) mass is 389 g/mol. The average molecular weight is 389 g/mol. The first-order chi connectivity index (χ1) is 14.3. The Balaban J connectivity index is 1.63. The molecular weight excluding hydrogens is 366 g/mol. The van der Waals surface area contributed by atoms with Crippen molar-refractivity contribution in [2.45, 2.75) is 19.9 Å². The molecule has 0 spiro atoms. The Kier molecular flexibility index (Phi) is 5.67. The van der Waals surface area contributed by atoms with Crippen LogP contribution in [0.1, 0.15) is 18.9 Å². The zero-order chi connectivity index (χ0) is 20.1. The van der Waals surface area contributed by atoms with E-state index < -0.39 is 0 Å². The molecule has 0 radical (unpaired) electrons. The molecule has 2 aromatic heterocycles. The molecule has 0 saturated carbocycles. The number of para-hydroxylation sites is 2. The lowest BCUT2D eigenvalue weighted by Gasteiger charge is -2.12.